The highest BCUT2D eigenvalue weighted by atomic mass is 16.6. The molecule has 0 bridgehead atoms. The van der Waals surface area contributed by atoms with Gasteiger partial charge >= 0.3 is 0 Å². The third-order valence-electron chi connectivity index (χ3n) is 3.79. The summed E-state index contributed by atoms with van der Waals surface area (Å²) < 4.78 is 10.2. The summed E-state index contributed by atoms with van der Waals surface area (Å²) in [6.07, 6.45) is 0. The fourth-order valence-electron chi connectivity index (χ4n) is 2.42. The molecule has 27 heavy (non-hydrogen) atoms. The SMILES string of the molecule is Nc1nonc1C(=O)NCCNCc1cccc(OCc2ccccc2)c1. The molecule has 8 heteroatoms. The number of nitrogens with zero attached hydrogens (tertiary/aromatic N) is 2. The van der Waals surface area contributed by atoms with Crippen molar-refractivity contribution < 1.29 is 14.2 Å². The molecule has 0 fully saturated rings. The molecule has 4 N–H and O–H groups in total. The second-order valence-corrected chi connectivity index (χ2v) is 5.85. The van der Waals surface area contributed by atoms with E-state index in [0.29, 0.717) is 26.2 Å². The van der Waals surface area contributed by atoms with Crippen LogP contribution >= 0.6 is 0 Å². The van der Waals surface area contributed by atoms with Gasteiger partial charge in [-0.2, -0.15) is 0 Å². The average molecular weight is 367 g/mol. The second kappa shape index (κ2) is 9.35. The lowest BCUT2D eigenvalue weighted by Crippen LogP contribution is -2.32. The van der Waals surface area contributed by atoms with Crippen LogP contribution in [0.5, 0.6) is 5.75 Å². The summed E-state index contributed by atoms with van der Waals surface area (Å²) in [5, 5.41) is 12.8. The number of carbonyl (C=O) groups is 1. The van der Waals surface area contributed by atoms with Gasteiger partial charge in [-0.3, -0.25) is 4.79 Å². The predicted molar refractivity (Wildman–Crippen MR) is 100.0 cm³/mol. The van der Waals surface area contributed by atoms with Crippen molar-refractivity contribution in [3.8, 4) is 5.75 Å². The van der Waals surface area contributed by atoms with E-state index in [2.05, 4.69) is 25.6 Å². The van der Waals surface area contributed by atoms with Crippen LogP contribution in [-0.4, -0.2) is 29.3 Å². The first-order valence-corrected chi connectivity index (χ1v) is 8.55. The molecular formula is C19H21N5O3. The number of hydrogen-bond acceptors (Lipinski definition) is 7. The van der Waals surface area contributed by atoms with E-state index in [1.54, 1.807) is 0 Å². The highest BCUT2D eigenvalue weighted by Gasteiger charge is 2.14. The summed E-state index contributed by atoms with van der Waals surface area (Å²) in [4.78, 5) is 11.8. The van der Waals surface area contributed by atoms with Crippen molar-refractivity contribution in [2.75, 3.05) is 18.8 Å². The van der Waals surface area contributed by atoms with Gasteiger partial charge in [0.15, 0.2) is 0 Å². The minimum Gasteiger partial charge on any atom is -0.489 e. The molecule has 0 saturated carbocycles. The lowest BCUT2D eigenvalue weighted by atomic mass is 10.2. The Labute approximate surface area is 156 Å². The number of rotatable bonds is 9. The van der Waals surface area contributed by atoms with Crippen LogP contribution in [0.2, 0.25) is 0 Å². The Balaban J connectivity index is 1.38. The Kier molecular flexibility index (Phi) is 6.37. The Hall–Kier alpha value is -3.39. The van der Waals surface area contributed by atoms with Gasteiger partial charge < -0.3 is 21.1 Å². The minimum atomic E-state index is -0.410. The summed E-state index contributed by atoms with van der Waals surface area (Å²) >= 11 is 0. The third kappa shape index (κ3) is 5.55. The van der Waals surface area contributed by atoms with Gasteiger partial charge in [-0.1, -0.05) is 42.5 Å². The summed E-state index contributed by atoms with van der Waals surface area (Å²) in [6, 6.07) is 17.9. The molecule has 3 aromatic rings. The molecule has 1 amide bonds. The van der Waals surface area contributed by atoms with Crippen LogP contribution in [0.25, 0.3) is 0 Å². The maximum atomic E-state index is 11.8. The van der Waals surface area contributed by atoms with Crippen molar-refractivity contribution >= 4 is 11.7 Å². The molecule has 2 aromatic carbocycles. The molecule has 1 heterocycles. The lowest BCUT2D eigenvalue weighted by Gasteiger charge is -2.09. The fraction of sp³-hybridized carbons (Fsp3) is 0.211. The fourth-order valence-corrected chi connectivity index (χ4v) is 2.42. The number of benzene rings is 2. The number of nitrogen functional groups attached to an aromatic ring is 1. The van der Waals surface area contributed by atoms with Crippen molar-refractivity contribution in [3.63, 3.8) is 0 Å². The van der Waals surface area contributed by atoms with Crippen LogP contribution < -0.4 is 21.1 Å². The molecule has 0 spiro atoms. The zero-order valence-electron chi connectivity index (χ0n) is 14.7. The van der Waals surface area contributed by atoms with Crippen LogP contribution in [0.3, 0.4) is 0 Å². The van der Waals surface area contributed by atoms with Crippen molar-refractivity contribution in [2.45, 2.75) is 13.2 Å². The van der Waals surface area contributed by atoms with Gasteiger partial charge in [0.1, 0.15) is 12.4 Å². The molecule has 1 aromatic heterocycles. The van der Waals surface area contributed by atoms with Gasteiger partial charge in [0.2, 0.25) is 11.5 Å². The molecule has 0 aliphatic carbocycles. The van der Waals surface area contributed by atoms with E-state index in [9.17, 15) is 4.79 Å². The molecule has 3 rings (SSSR count). The zero-order chi connectivity index (χ0) is 18.9. The van der Waals surface area contributed by atoms with Gasteiger partial charge in [-0.15, -0.1) is 0 Å². The third-order valence-corrected chi connectivity index (χ3v) is 3.79. The molecule has 140 valence electrons. The normalized spacial score (nSPS) is 10.5. The number of hydrogen-bond donors (Lipinski definition) is 3. The molecule has 0 unspecified atom stereocenters. The van der Waals surface area contributed by atoms with Crippen LogP contribution in [0, 0.1) is 0 Å². The van der Waals surface area contributed by atoms with Gasteiger partial charge in [-0.05, 0) is 33.6 Å². The monoisotopic (exact) mass is 367 g/mol. The second-order valence-electron chi connectivity index (χ2n) is 5.85. The number of anilines is 1. The average Bonchev–Trinajstić information content (AvgIpc) is 3.13. The number of amides is 1. The quantitative estimate of drug-likeness (QED) is 0.494. The van der Waals surface area contributed by atoms with E-state index in [1.165, 1.54) is 0 Å². The standard InChI is InChI=1S/C19H21N5O3/c20-18-17(23-27-24-18)19(25)22-10-9-21-12-15-7-4-8-16(11-15)26-13-14-5-2-1-3-6-14/h1-8,11,21H,9-10,12-13H2,(H2,20,24)(H,22,25). The van der Waals surface area contributed by atoms with E-state index in [0.717, 1.165) is 16.9 Å². The zero-order valence-corrected chi connectivity index (χ0v) is 14.7. The number of aromatic nitrogens is 2. The van der Waals surface area contributed by atoms with Crippen molar-refractivity contribution in [2.24, 2.45) is 0 Å². The maximum Gasteiger partial charge on any atom is 0.277 e. The van der Waals surface area contributed by atoms with Gasteiger partial charge in [0, 0.05) is 19.6 Å². The summed E-state index contributed by atoms with van der Waals surface area (Å²) in [6.45, 7) is 2.21. The first-order chi connectivity index (χ1) is 13.2. The van der Waals surface area contributed by atoms with Gasteiger partial charge in [0.25, 0.3) is 5.91 Å². The Morgan fingerprint density at radius 1 is 1.04 bits per heavy atom. The molecular weight excluding hydrogens is 346 g/mol. The van der Waals surface area contributed by atoms with Gasteiger partial charge in [0.05, 0.1) is 0 Å². The Morgan fingerprint density at radius 3 is 2.63 bits per heavy atom. The van der Waals surface area contributed by atoms with Crippen molar-refractivity contribution in [1.82, 2.24) is 20.9 Å². The number of nitrogens with two attached hydrogens (primary N) is 1. The van der Waals surface area contributed by atoms with E-state index >= 15 is 0 Å². The number of ether oxygens (including phenoxy) is 1. The molecule has 0 aliphatic rings. The first-order valence-electron chi connectivity index (χ1n) is 8.55. The molecule has 0 aliphatic heterocycles. The van der Waals surface area contributed by atoms with E-state index in [-0.39, 0.29) is 11.5 Å². The van der Waals surface area contributed by atoms with E-state index in [1.807, 2.05) is 54.6 Å². The van der Waals surface area contributed by atoms with Crippen LogP contribution in [0.15, 0.2) is 59.2 Å². The smallest absolute Gasteiger partial charge is 0.277 e. The minimum absolute atomic E-state index is 0.00161. The summed E-state index contributed by atoms with van der Waals surface area (Å²) in [5.41, 5.74) is 7.69. The Morgan fingerprint density at radius 2 is 1.85 bits per heavy atom. The predicted octanol–water partition coefficient (Wildman–Crippen LogP) is 1.75. The largest absolute Gasteiger partial charge is 0.489 e. The van der Waals surface area contributed by atoms with E-state index < -0.39 is 5.91 Å². The van der Waals surface area contributed by atoms with Crippen LogP contribution in [0.4, 0.5) is 5.82 Å². The van der Waals surface area contributed by atoms with Crippen molar-refractivity contribution in [3.05, 3.63) is 71.4 Å². The van der Waals surface area contributed by atoms with Crippen LogP contribution in [0.1, 0.15) is 21.6 Å². The Bertz CT molecular complexity index is 867. The highest BCUT2D eigenvalue weighted by molar-refractivity contribution is 5.95. The van der Waals surface area contributed by atoms with Gasteiger partial charge in [-0.25, -0.2) is 4.63 Å². The molecule has 8 nitrogen and oxygen atoms in total. The van der Waals surface area contributed by atoms with Crippen molar-refractivity contribution in [1.29, 1.82) is 0 Å². The highest BCUT2D eigenvalue weighted by Crippen LogP contribution is 2.15. The molecule has 0 saturated heterocycles. The maximum absolute atomic E-state index is 11.8. The first kappa shape index (κ1) is 18.4. The summed E-state index contributed by atoms with van der Waals surface area (Å²) in [7, 11) is 0. The van der Waals surface area contributed by atoms with Crippen LogP contribution in [-0.2, 0) is 13.2 Å². The topological polar surface area (TPSA) is 115 Å². The lowest BCUT2D eigenvalue weighted by molar-refractivity contribution is 0.0944. The number of nitrogens with one attached hydrogen (secondary N) is 2. The number of carbonyl (C=O) groups excluding carboxylic acids is 1. The van der Waals surface area contributed by atoms with E-state index in [4.69, 9.17) is 10.5 Å². The molecule has 0 radical (unpaired) electrons. The summed E-state index contributed by atoms with van der Waals surface area (Å²) in [5.74, 6) is 0.389. The molecule has 0 atom stereocenters.